The van der Waals surface area contributed by atoms with E-state index in [0.29, 0.717) is 4.47 Å². The van der Waals surface area contributed by atoms with Crippen LogP contribution in [0.15, 0.2) is 39.5 Å². The molecule has 1 aromatic carbocycles. The molecule has 0 aliphatic heterocycles. The average molecular weight is 327 g/mol. The van der Waals surface area contributed by atoms with Crippen LogP contribution in [-0.4, -0.2) is 11.5 Å². The van der Waals surface area contributed by atoms with E-state index in [2.05, 4.69) is 38.1 Å². The van der Waals surface area contributed by atoms with Gasteiger partial charge in [0, 0.05) is 28.8 Å². The van der Waals surface area contributed by atoms with E-state index in [4.69, 9.17) is 0 Å². The third kappa shape index (κ3) is 3.30. The molecule has 18 heavy (non-hydrogen) atoms. The maximum absolute atomic E-state index is 10.6. The number of rotatable bonds is 5. The Balaban J connectivity index is 1.95. The fourth-order valence-corrected chi connectivity index (χ4v) is 2.75. The zero-order chi connectivity index (χ0) is 13.0. The molecular weight excluding hydrogens is 316 g/mol. The maximum Gasteiger partial charge on any atom is 0.270 e. The molecule has 0 saturated carbocycles. The summed E-state index contributed by atoms with van der Waals surface area (Å²) in [6.07, 6.45) is 0.937. The summed E-state index contributed by atoms with van der Waals surface area (Å²) >= 11 is 5.01. The maximum atomic E-state index is 10.6. The number of anilines is 1. The smallest absolute Gasteiger partial charge is 0.270 e. The Labute approximate surface area is 117 Å². The lowest BCUT2D eigenvalue weighted by atomic mass is 10.2. The molecule has 0 atom stereocenters. The largest absolute Gasteiger partial charge is 0.384 e. The lowest BCUT2D eigenvalue weighted by Gasteiger charge is -2.07. The number of hydrogen-bond acceptors (Lipinski definition) is 4. The topological polar surface area (TPSA) is 55.2 Å². The summed E-state index contributed by atoms with van der Waals surface area (Å²) in [6, 6.07) is 6.82. The van der Waals surface area contributed by atoms with Crippen molar-refractivity contribution in [2.45, 2.75) is 6.42 Å². The van der Waals surface area contributed by atoms with Gasteiger partial charge < -0.3 is 5.32 Å². The first-order valence-corrected chi connectivity index (χ1v) is 7.09. The number of halogens is 1. The number of nitro benzene ring substituents is 1. The van der Waals surface area contributed by atoms with E-state index >= 15 is 0 Å². The minimum atomic E-state index is -0.403. The monoisotopic (exact) mass is 326 g/mol. The molecule has 0 unspecified atom stereocenters. The van der Waals surface area contributed by atoms with Crippen LogP contribution in [0.2, 0.25) is 0 Å². The van der Waals surface area contributed by atoms with E-state index in [1.807, 2.05) is 0 Å². The highest BCUT2D eigenvalue weighted by Crippen LogP contribution is 2.27. The van der Waals surface area contributed by atoms with Crippen LogP contribution in [0.1, 0.15) is 5.56 Å². The van der Waals surface area contributed by atoms with Crippen LogP contribution in [0.5, 0.6) is 0 Å². The number of non-ortho nitro benzene ring substituents is 1. The van der Waals surface area contributed by atoms with Crippen molar-refractivity contribution in [2.24, 2.45) is 0 Å². The van der Waals surface area contributed by atoms with Gasteiger partial charge in [-0.15, -0.1) is 0 Å². The molecule has 1 N–H and O–H groups in total. The zero-order valence-electron chi connectivity index (χ0n) is 9.43. The van der Waals surface area contributed by atoms with Gasteiger partial charge in [0.1, 0.15) is 0 Å². The Morgan fingerprint density at radius 3 is 2.83 bits per heavy atom. The number of benzene rings is 1. The highest BCUT2D eigenvalue weighted by Gasteiger charge is 2.08. The fourth-order valence-electron chi connectivity index (χ4n) is 1.54. The van der Waals surface area contributed by atoms with E-state index in [-0.39, 0.29) is 5.69 Å². The molecule has 4 nitrogen and oxygen atoms in total. The first-order valence-electron chi connectivity index (χ1n) is 5.35. The highest BCUT2D eigenvalue weighted by atomic mass is 79.9. The third-order valence-corrected chi connectivity index (χ3v) is 3.86. The number of nitrogens with zero attached hydrogens (tertiary/aromatic N) is 1. The Morgan fingerprint density at radius 2 is 2.22 bits per heavy atom. The van der Waals surface area contributed by atoms with Gasteiger partial charge in [0.05, 0.1) is 4.92 Å². The predicted molar refractivity (Wildman–Crippen MR) is 77.3 cm³/mol. The Bertz CT molecular complexity index is 543. The number of thiophene rings is 1. The van der Waals surface area contributed by atoms with Crippen molar-refractivity contribution in [1.82, 2.24) is 0 Å². The van der Waals surface area contributed by atoms with Crippen LogP contribution < -0.4 is 5.32 Å². The van der Waals surface area contributed by atoms with Crippen molar-refractivity contribution in [1.29, 1.82) is 0 Å². The Kier molecular flexibility index (Phi) is 4.33. The van der Waals surface area contributed by atoms with Gasteiger partial charge in [-0.1, -0.05) is 0 Å². The van der Waals surface area contributed by atoms with E-state index in [0.717, 1.165) is 18.7 Å². The summed E-state index contributed by atoms with van der Waals surface area (Å²) in [5.74, 6) is 0. The van der Waals surface area contributed by atoms with E-state index in [1.54, 1.807) is 17.4 Å². The van der Waals surface area contributed by atoms with Gasteiger partial charge in [-0.25, -0.2) is 0 Å². The molecule has 2 rings (SSSR count). The molecule has 0 radical (unpaired) electrons. The normalized spacial score (nSPS) is 10.3. The van der Waals surface area contributed by atoms with Crippen molar-refractivity contribution < 1.29 is 4.92 Å². The molecule has 0 bridgehead atoms. The van der Waals surface area contributed by atoms with E-state index in [9.17, 15) is 10.1 Å². The minimum Gasteiger partial charge on any atom is -0.384 e. The summed E-state index contributed by atoms with van der Waals surface area (Å²) < 4.78 is 0.710. The van der Waals surface area contributed by atoms with Crippen molar-refractivity contribution in [2.75, 3.05) is 11.9 Å². The van der Waals surface area contributed by atoms with Crippen molar-refractivity contribution in [3.05, 3.63) is 55.2 Å². The first-order chi connectivity index (χ1) is 8.66. The number of nitrogens with one attached hydrogen (secondary N) is 1. The Morgan fingerprint density at radius 1 is 1.39 bits per heavy atom. The molecule has 0 aliphatic carbocycles. The van der Waals surface area contributed by atoms with Crippen molar-refractivity contribution >= 4 is 38.6 Å². The average Bonchev–Trinajstić information content (AvgIpc) is 2.84. The lowest BCUT2D eigenvalue weighted by Crippen LogP contribution is -2.04. The minimum absolute atomic E-state index is 0.0882. The third-order valence-electron chi connectivity index (χ3n) is 2.47. The fraction of sp³-hybridized carbons (Fsp3) is 0.167. The molecule has 1 aromatic heterocycles. The first kappa shape index (κ1) is 13.0. The zero-order valence-corrected chi connectivity index (χ0v) is 11.8. The highest BCUT2D eigenvalue weighted by molar-refractivity contribution is 9.10. The molecule has 0 spiro atoms. The van der Waals surface area contributed by atoms with Gasteiger partial charge >= 0.3 is 0 Å². The molecule has 6 heteroatoms. The van der Waals surface area contributed by atoms with Gasteiger partial charge in [-0.05, 0) is 50.8 Å². The van der Waals surface area contributed by atoms with Crippen LogP contribution in [0, 0.1) is 10.1 Å². The molecule has 0 fully saturated rings. The molecule has 1 heterocycles. The van der Waals surface area contributed by atoms with Gasteiger partial charge in [0.15, 0.2) is 0 Å². The van der Waals surface area contributed by atoms with Crippen molar-refractivity contribution in [3.8, 4) is 0 Å². The van der Waals surface area contributed by atoms with Crippen molar-refractivity contribution in [3.63, 3.8) is 0 Å². The summed E-state index contributed by atoms with van der Waals surface area (Å²) in [5.41, 5.74) is 2.26. The number of nitro groups is 1. The van der Waals surface area contributed by atoms with Gasteiger partial charge in [0.2, 0.25) is 0 Å². The van der Waals surface area contributed by atoms with Gasteiger partial charge in [-0.3, -0.25) is 10.1 Å². The van der Waals surface area contributed by atoms with Crippen LogP contribution in [0.4, 0.5) is 11.4 Å². The second-order valence-electron chi connectivity index (χ2n) is 3.73. The lowest BCUT2D eigenvalue weighted by molar-refractivity contribution is -0.384. The molecule has 2 aromatic rings. The van der Waals surface area contributed by atoms with Crippen LogP contribution in [0.3, 0.4) is 0 Å². The van der Waals surface area contributed by atoms with Gasteiger partial charge in [-0.2, -0.15) is 11.3 Å². The molecule has 0 aliphatic rings. The summed E-state index contributed by atoms with van der Waals surface area (Å²) in [6.45, 7) is 0.799. The standard InChI is InChI=1S/C12H11BrN2O2S/c13-11-7-10(15(16)17)1-2-12(11)14-5-3-9-4-6-18-8-9/h1-2,4,6-8,14H,3,5H2. The SMILES string of the molecule is O=[N+]([O-])c1ccc(NCCc2ccsc2)c(Br)c1. The second kappa shape index (κ2) is 5.97. The summed E-state index contributed by atoms with van der Waals surface area (Å²) in [7, 11) is 0. The van der Waals surface area contributed by atoms with E-state index < -0.39 is 4.92 Å². The summed E-state index contributed by atoms with van der Waals surface area (Å²) in [5, 5.41) is 18.0. The van der Waals surface area contributed by atoms with Crippen LogP contribution in [-0.2, 0) is 6.42 Å². The molecule has 0 saturated heterocycles. The predicted octanol–water partition coefficient (Wildman–Crippen LogP) is 4.07. The number of hydrogen-bond donors (Lipinski definition) is 1. The quantitative estimate of drug-likeness (QED) is 0.665. The Hall–Kier alpha value is -1.40. The van der Waals surface area contributed by atoms with Crippen LogP contribution >= 0.6 is 27.3 Å². The molecule has 0 amide bonds. The van der Waals surface area contributed by atoms with Crippen LogP contribution in [0.25, 0.3) is 0 Å². The second-order valence-corrected chi connectivity index (χ2v) is 5.36. The molecular formula is C12H11BrN2O2S. The summed E-state index contributed by atoms with van der Waals surface area (Å²) in [4.78, 5) is 10.2. The van der Waals surface area contributed by atoms with Gasteiger partial charge in [0.25, 0.3) is 5.69 Å². The van der Waals surface area contributed by atoms with E-state index in [1.165, 1.54) is 17.7 Å². The molecule has 94 valence electrons.